The fourth-order valence-corrected chi connectivity index (χ4v) is 7.92. The quantitative estimate of drug-likeness (QED) is 0.174. The maximum absolute atomic E-state index is 6.68. The summed E-state index contributed by atoms with van der Waals surface area (Å²) in [6.07, 6.45) is 0. The van der Waals surface area contributed by atoms with Gasteiger partial charge in [-0.3, -0.25) is 0 Å². The third-order valence-electron chi connectivity index (χ3n) is 10.5. The normalized spacial score (nSPS) is 11.8. The molecule has 11 rings (SSSR count). The summed E-state index contributed by atoms with van der Waals surface area (Å²) >= 11 is 0. The van der Waals surface area contributed by atoms with Gasteiger partial charge in [-0.25, -0.2) is 15.0 Å². The number of benzene rings is 9. The molecule has 11 aromatic rings. The van der Waals surface area contributed by atoms with Gasteiger partial charge in [0.1, 0.15) is 11.2 Å². The minimum atomic E-state index is 0.611. The molecule has 0 atom stereocenters. The topological polar surface area (TPSA) is 51.8 Å². The van der Waals surface area contributed by atoms with E-state index in [0.29, 0.717) is 17.5 Å². The highest BCUT2D eigenvalue weighted by Gasteiger charge is 2.19. The minimum Gasteiger partial charge on any atom is -0.455 e. The Morgan fingerprint density at radius 2 is 0.849 bits per heavy atom. The first-order valence-corrected chi connectivity index (χ1v) is 17.9. The minimum absolute atomic E-state index is 0.611. The van der Waals surface area contributed by atoms with Crippen LogP contribution in [0.25, 0.3) is 110 Å². The SMILES string of the molecule is c1ccc(-c2nc(-c3ccc4ccccc4c3)nc(-c3ccc4oc5c6ccccc6c(-c6cc7ccccc7c7ccccc67)cc5c4c3)n2)cc1. The van der Waals surface area contributed by atoms with E-state index < -0.39 is 0 Å². The van der Waals surface area contributed by atoms with Crippen LogP contribution in [0.15, 0.2) is 180 Å². The van der Waals surface area contributed by atoms with E-state index in [9.17, 15) is 0 Å². The number of hydrogen-bond donors (Lipinski definition) is 0. The van der Waals surface area contributed by atoms with Crippen molar-refractivity contribution >= 4 is 65.0 Å². The molecule has 0 aliphatic heterocycles. The maximum Gasteiger partial charge on any atom is 0.164 e. The van der Waals surface area contributed by atoms with Crippen LogP contribution in [0.1, 0.15) is 0 Å². The van der Waals surface area contributed by atoms with Crippen LogP contribution in [0.3, 0.4) is 0 Å². The van der Waals surface area contributed by atoms with Crippen LogP contribution >= 0.6 is 0 Å². The zero-order valence-electron chi connectivity index (χ0n) is 28.5. The van der Waals surface area contributed by atoms with Crippen molar-refractivity contribution in [2.75, 3.05) is 0 Å². The molecule has 4 heteroatoms. The molecule has 0 unspecified atom stereocenters. The molecule has 0 saturated carbocycles. The van der Waals surface area contributed by atoms with Gasteiger partial charge in [-0.2, -0.15) is 0 Å². The Kier molecular flexibility index (Phi) is 6.52. The van der Waals surface area contributed by atoms with Crippen molar-refractivity contribution in [3.8, 4) is 45.3 Å². The Morgan fingerprint density at radius 3 is 1.62 bits per heavy atom. The van der Waals surface area contributed by atoms with E-state index in [1.165, 1.54) is 38.1 Å². The van der Waals surface area contributed by atoms with E-state index in [-0.39, 0.29) is 0 Å². The summed E-state index contributed by atoms with van der Waals surface area (Å²) in [5.74, 6) is 1.88. The van der Waals surface area contributed by atoms with E-state index in [4.69, 9.17) is 19.4 Å². The summed E-state index contributed by atoms with van der Waals surface area (Å²) in [5.41, 5.74) is 6.85. The fourth-order valence-electron chi connectivity index (χ4n) is 7.92. The summed E-state index contributed by atoms with van der Waals surface area (Å²) in [4.78, 5) is 15.2. The molecule has 53 heavy (non-hydrogen) atoms. The standard InChI is InChI=1S/C49H29N3O/c1-2-13-31(14-3-1)47-50-48(34-23-22-30-12-4-5-15-32(30)26-34)52-49(51-47)35-24-25-45-43(28-35)44-29-42(39-20-10-11-21-40(39)46(44)53-45)41-27-33-16-6-7-17-36(33)37-18-8-9-19-38(37)41/h1-29H. The van der Waals surface area contributed by atoms with E-state index in [0.717, 1.165) is 54.8 Å². The highest BCUT2D eigenvalue weighted by molar-refractivity contribution is 6.23. The Hall–Kier alpha value is -7.17. The molecular weight excluding hydrogens is 647 g/mol. The van der Waals surface area contributed by atoms with Crippen LogP contribution in [0.4, 0.5) is 0 Å². The van der Waals surface area contributed by atoms with E-state index in [1.807, 2.05) is 36.4 Å². The lowest BCUT2D eigenvalue weighted by Crippen LogP contribution is -2.00. The van der Waals surface area contributed by atoms with Crippen LogP contribution in [0.5, 0.6) is 0 Å². The molecule has 0 radical (unpaired) electrons. The summed E-state index contributed by atoms with van der Waals surface area (Å²) in [6.45, 7) is 0. The molecule has 0 saturated heterocycles. The average Bonchev–Trinajstić information content (AvgIpc) is 3.61. The Labute approximate surface area is 304 Å². The molecule has 0 N–H and O–H groups in total. The summed E-state index contributed by atoms with van der Waals surface area (Å²) in [6, 6.07) is 61.7. The van der Waals surface area contributed by atoms with Crippen molar-refractivity contribution in [2.45, 2.75) is 0 Å². The fraction of sp³-hybridized carbons (Fsp3) is 0. The first kappa shape index (κ1) is 29.5. The van der Waals surface area contributed by atoms with Crippen LogP contribution in [-0.4, -0.2) is 15.0 Å². The zero-order valence-corrected chi connectivity index (χ0v) is 28.5. The second kappa shape index (κ2) is 11.7. The van der Waals surface area contributed by atoms with Crippen molar-refractivity contribution in [3.63, 3.8) is 0 Å². The van der Waals surface area contributed by atoms with Gasteiger partial charge in [0.15, 0.2) is 17.5 Å². The van der Waals surface area contributed by atoms with Crippen molar-refractivity contribution in [2.24, 2.45) is 0 Å². The predicted octanol–water partition coefficient (Wildman–Crippen LogP) is 13.1. The van der Waals surface area contributed by atoms with Crippen molar-refractivity contribution in [1.29, 1.82) is 0 Å². The lowest BCUT2D eigenvalue weighted by Gasteiger charge is -2.14. The van der Waals surface area contributed by atoms with Gasteiger partial charge in [0.2, 0.25) is 0 Å². The van der Waals surface area contributed by atoms with E-state index in [2.05, 4.69) is 140 Å². The molecular formula is C49H29N3O. The Bertz CT molecular complexity index is 3240. The van der Waals surface area contributed by atoms with Gasteiger partial charge in [0, 0.05) is 32.8 Å². The number of rotatable bonds is 4. The van der Waals surface area contributed by atoms with Gasteiger partial charge in [0.25, 0.3) is 0 Å². The van der Waals surface area contributed by atoms with Gasteiger partial charge >= 0.3 is 0 Å². The highest BCUT2D eigenvalue weighted by Crippen LogP contribution is 2.44. The van der Waals surface area contributed by atoms with Crippen molar-refractivity contribution in [3.05, 3.63) is 176 Å². The Balaban J connectivity index is 1.15. The second-order valence-corrected chi connectivity index (χ2v) is 13.6. The smallest absolute Gasteiger partial charge is 0.164 e. The second-order valence-electron chi connectivity index (χ2n) is 13.6. The van der Waals surface area contributed by atoms with E-state index >= 15 is 0 Å². The number of fused-ring (bicyclic) bond motifs is 9. The van der Waals surface area contributed by atoms with E-state index in [1.54, 1.807) is 0 Å². The van der Waals surface area contributed by atoms with Crippen molar-refractivity contribution in [1.82, 2.24) is 15.0 Å². The van der Waals surface area contributed by atoms with Gasteiger partial charge in [-0.15, -0.1) is 0 Å². The zero-order chi connectivity index (χ0) is 34.9. The Morgan fingerprint density at radius 1 is 0.302 bits per heavy atom. The number of furan rings is 1. The van der Waals surface area contributed by atoms with Gasteiger partial charge < -0.3 is 4.42 Å². The maximum atomic E-state index is 6.68. The molecule has 2 aromatic heterocycles. The molecule has 0 spiro atoms. The van der Waals surface area contributed by atoms with Crippen LogP contribution < -0.4 is 0 Å². The number of nitrogens with zero attached hydrogens (tertiary/aromatic N) is 3. The molecule has 0 bridgehead atoms. The lowest BCUT2D eigenvalue weighted by atomic mass is 9.89. The molecule has 2 heterocycles. The van der Waals surface area contributed by atoms with Gasteiger partial charge in [0.05, 0.1) is 0 Å². The van der Waals surface area contributed by atoms with Crippen LogP contribution in [0, 0.1) is 0 Å². The molecule has 0 aliphatic carbocycles. The molecule has 246 valence electrons. The van der Waals surface area contributed by atoms with Crippen LogP contribution in [0.2, 0.25) is 0 Å². The molecule has 4 nitrogen and oxygen atoms in total. The predicted molar refractivity (Wildman–Crippen MR) is 219 cm³/mol. The lowest BCUT2D eigenvalue weighted by molar-refractivity contribution is 0.672. The first-order valence-electron chi connectivity index (χ1n) is 17.9. The summed E-state index contributed by atoms with van der Waals surface area (Å²) < 4.78 is 6.68. The molecule has 0 aliphatic rings. The third-order valence-corrected chi connectivity index (χ3v) is 10.5. The molecule has 0 fully saturated rings. The van der Waals surface area contributed by atoms with Crippen LogP contribution in [-0.2, 0) is 0 Å². The monoisotopic (exact) mass is 675 g/mol. The molecule has 9 aromatic carbocycles. The average molecular weight is 676 g/mol. The number of hydrogen-bond acceptors (Lipinski definition) is 4. The highest BCUT2D eigenvalue weighted by atomic mass is 16.3. The first-order chi connectivity index (χ1) is 26.2. The van der Waals surface area contributed by atoms with Gasteiger partial charge in [-0.1, -0.05) is 140 Å². The van der Waals surface area contributed by atoms with Gasteiger partial charge in [-0.05, 0) is 85.2 Å². The largest absolute Gasteiger partial charge is 0.455 e. The van der Waals surface area contributed by atoms with Crippen molar-refractivity contribution < 1.29 is 4.42 Å². The summed E-state index contributed by atoms with van der Waals surface area (Å²) in [7, 11) is 0. The number of aromatic nitrogens is 3. The third kappa shape index (κ3) is 4.80. The molecule has 0 amide bonds. The summed E-state index contributed by atoms with van der Waals surface area (Å²) in [5, 5.41) is 11.6.